The summed E-state index contributed by atoms with van der Waals surface area (Å²) in [7, 11) is 1.75. The van der Waals surface area contributed by atoms with Crippen LogP contribution in [0.5, 0.6) is 0 Å². The molecule has 0 aliphatic heterocycles. The summed E-state index contributed by atoms with van der Waals surface area (Å²) in [6.07, 6.45) is 1.75. The number of nitrogens with two attached hydrogens (primary N) is 1. The highest BCUT2D eigenvalue weighted by Gasteiger charge is 2.13. The number of benzene rings is 1. The molecule has 1 aromatic heterocycles. The molecule has 0 radical (unpaired) electrons. The molecular formula is C14H15N3O2S. The van der Waals surface area contributed by atoms with Gasteiger partial charge in [0.05, 0.1) is 5.75 Å². The van der Waals surface area contributed by atoms with Gasteiger partial charge in [-0.1, -0.05) is 12.1 Å². The normalized spacial score (nSPS) is 10.2. The summed E-state index contributed by atoms with van der Waals surface area (Å²) in [5.41, 5.74) is 6.85. The third kappa shape index (κ3) is 3.42. The smallest absolute Gasteiger partial charge is 0.274 e. The Morgan fingerprint density at radius 1 is 1.25 bits per heavy atom. The number of thioether (sulfide) groups is 1. The predicted octanol–water partition coefficient (Wildman–Crippen LogP) is 1.66. The first-order chi connectivity index (χ1) is 9.58. The standard InChI is InChI=1S/C14H15N3O2S/c1-17-8-4-6-11(17)14(19)16-13(18)9-20-12-7-3-2-5-10(12)15/h2-8H,9,15H2,1H3,(H,16,18,19). The Bertz CT molecular complexity index is 637. The molecule has 2 amide bonds. The second kappa shape index (κ2) is 6.29. The van der Waals surface area contributed by atoms with Crippen LogP contribution >= 0.6 is 11.8 Å². The number of hydrogen-bond acceptors (Lipinski definition) is 4. The summed E-state index contributed by atoms with van der Waals surface area (Å²) < 4.78 is 1.66. The van der Waals surface area contributed by atoms with Gasteiger partial charge in [-0.15, -0.1) is 11.8 Å². The van der Waals surface area contributed by atoms with E-state index in [4.69, 9.17) is 5.73 Å². The number of nitrogen functional groups attached to an aromatic ring is 1. The van der Waals surface area contributed by atoms with Crippen molar-refractivity contribution in [2.45, 2.75) is 4.90 Å². The zero-order valence-electron chi connectivity index (χ0n) is 11.0. The number of rotatable bonds is 4. The van der Waals surface area contributed by atoms with Crippen LogP contribution in [-0.2, 0) is 11.8 Å². The fourth-order valence-electron chi connectivity index (χ4n) is 1.68. The van der Waals surface area contributed by atoms with Crippen molar-refractivity contribution in [3.05, 3.63) is 48.3 Å². The maximum absolute atomic E-state index is 11.8. The summed E-state index contributed by atoms with van der Waals surface area (Å²) >= 11 is 1.30. The fraction of sp³-hybridized carbons (Fsp3) is 0.143. The first-order valence-corrected chi connectivity index (χ1v) is 6.99. The third-order valence-electron chi connectivity index (χ3n) is 2.71. The fourth-order valence-corrected chi connectivity index (χ4v) is 2.45. The molecule has 2 aromatic rings. The lowest BCUT2D eigenvalue weighted by atomic mass is 10.3. The topological polar surface area (TPSA) is 77.1 Å². The van der Waals surface area contributed by atoms with Crippen LogP contribution in [0, 0.1) is 0 Å². The summed E-state index contributed by atoms with van der Waals surface area (Å²) in [5.74, 6) is -0.599. The summed E-state index contributed by atoms with van der Waals surface area (Å²) in [6.45, 7) is 0. The number of nitrogens with zero attached hydrogens (tertiary/aromatic N) is 1. The number of aromatic nitrogens is 1. The zero-order chi connectivity index (χ0) is 14.5. The van der Waals surface area contributed by atoms with E-state index in [1.54, 1.807) is 36.0 Å². The van der Waals surface area contributed by atoms with E-state index in [-0.39, 0.29) is 11.7 Å². The van der Waals surface area contributed by atoms with Crippen LogP contribution in [0.1, 0.15) is 10.5 Å². The van der Waals surface area contributed by atoms with Crippen LogP contribution in [-0.4, -0.2) is 22.1 Å². The molecule has 0 aliphatic carbocycles. The van der Waals surface area contributed by atoms with Gasteiger partial charge in [-0.25, -0.2) is 0 Å². The lowest BCUT2D eigenvalue weighted by Crippen LogP contribution is -2.32. The van der Waals surface area contributed by atoms with Crippen molar-refractivity contribution in [3.8, 4) is 0 Å². The maximum Gasteiger partial charge on any atom is 0.274 e. The largest absolute Gasteiger partial charge is 0.398 e. The summed E-state index contributed by atoms with van der Waals surface area (Å²) in [5, 5.41) is 2.35. The minimum atomic E-state index is -0.399. The molecule has 0 unspecified atom stereocenters. The van der Waals surface area contributed by atoms with E-state index in [1.165, 1.54) is 11.8 Å². The maximum atomic E-state index is 11.8. The zero-order valence-corrected chi connectivity index (χ0v) is 11.8. The molecule has 5 nitrogen and oxygen atoms in total. The van der Waals surface area contributed by atoms with Gasteiger partial charge in [0.2, 0.25) is 5.91 Å². The molecule has 6 heteroatoms. The molecule has 0 aliphatic rings. The van der Waals surface area contributed by atoms with Crippen molar-refractivity contribution in [1.82, 2.24) is 9.88 Å². The number of amides is 2. The van der Waals surface area contributed by atoms with Crippen LogP contribution in [0.15, 0.2) is 47.5 Å². The molecule has 0 saturated heterocycles. The van der Waals surface area contributed by atoms with E-state index in [0.29, 0.717) is 11.4 Å². The van der Waals surface area contributed by atoms with Crippen molar-refractivity contribution < 1.29 is 9.59 Å². The number of anilines is 1. The first kappa shape index (κ1) is 14.2. The van der Waals surface area contributed by atoms with Gasteiger partial charge in [-0.05, 0) is 24.3 Å². The van der Waals surface area contributed by atoms with E-state index >= 15 is 0 Å². The van der Waals surface area contributed by atoms with Gasteiger partial charge in [0, 0.05) is 23.8 Å². The highest BCUT2D eigenvalue weighted by atomic mass is 32.2. The Hall–Kier alpha value is -2.21. The van der Waals surface area contributed by atoms with Crippen molar-refractivity contribution in [3.63, 3.8) is 0 Å². The van der Waals surface area contributed by atoms with Crippen LogP contribution in [0.4, 0.5) is 5.69 Å². The second-order valence-corrected chi connectivity index (χ2v) is 5.23. The Balaban J connectivity index is 1.89. The van der Waals surface area contributed by atoms with Crippen LogP contribution in [0.2, 0.25) is 0 Å². The molecule has 1 heterocycles. The van der Waals surface area contributed by atoms with Crippen molar-refractivity contribution >= 4 is 29.3 Å². The van der Waals surface area contributed by atoms with Crippen LogP contribution in [0.3, 0.4) is 0 Å². The SMILES string of the molecule is Cn1cccc1C(=O)NC(=O)CSc1ccccc1N. The molecule has 2 rings (SSSR count). The van der Waals surface area contributed by atoms with E-state index in [9.17, 15) is 9.59 Å². The van der Waals surface area contributed by atoms with E-state index in [2.05, 4.69) is 5.32 Å². The van der Waals surface area contributed by atoms with Gasteiger partial charge >= 0.3 is 0 Å². The minimum absolute atomic E-state index is 0.143. The van der Waals surface area contributed by atoms with E-state index in [1.807, 2.05) is 18.2 Å². The Labute approximate surface area is 121 Å². The van der Waals surface area contributed by atoms with Crippen LogP contribution in [0.25, 0.3) is 0 Å². The molecule has 1 aromatic carbocycles. The molecule has 104 valence electrons. The molecule has 0 atom stereocenters. The average molecular weight is 289 g/mol. The Kier molecular flexibility index (Phi) is 4.47. The van der Waals surface area contributed by atoms with E-state index < -0.39 is 5.91 Å². The third-order valence-corrected chi connectivity index (χ3v) is 3.80. The monoisotopic (exact) mass is 289 g/mol. The van der Waals surface area contributed by atoms with Gasteiger partial charge in [-0.2, -0.15) is 0 Å². The number of nitrogens with one attached hydrogen (secondary N) is 1. The van der Waals surface area contributed by atoms with Gasteiger partial charge in [0.1, 0.15) is 5.69 Å². The van der Waals surface area contributed by atoms with Gasteiger partial charge < -0.3 is 10.3 Å². The molecule has 0 bridgehead atoms. The molecule has 0 spiro atoms. The number of aryl methyl sites for hydroxylation is 1. The summed E-state index contributed by atoms with van der Waals surface area (Å²) in [4.78, 5) is 24.4. The van der Waals surface area contributed by atoms with Crippen molar-refractivity contribution in [2.75, 3.05) is 11.5 Å². The minimum Gasteiger partial charge on any atom is -0.398 e. The van der Waals surface area contributed by atoms with Crippen molar-refractivity contribution in [2.24, 2.45) is 7.05 Å². The molecule has 0 fully saturated rings. The molecule has 20 heavy (non-hydrogen) atoms. The number of imide groups is 1. The van der Waals surface area contributed by atoms with Gasteiger partial charge in [0.15, 0.2) is 0 Å². The highest BCUT2D eigenvalue weighted by molar-refractivity contribution is 8.00. The quantitative estimate of drug-likeness (QED) is 0.663. The molecular weight excluding hydrogens is 274 g/mol. The van der Waals surface area contributed by atoms with E-state index in [0.717, 1.165) is 4.90 Å². The van der Waals surface area contributed by atoms with Crippen LogP contribution < -0.4 is 11.1 Å². The Morgan fingerprint density at radius 3 is 2.65 bits per heavy atom. The number of carbonyl (C=O) groups excluding carboxylic acids is 2. The lowest BCUT2D eigenvalue weighted by Gasteiger charge is -2.06. The molecule has 0 saturated carbocycles. The first-order valence-electron chi connectivity index (χ1n) is 6.00. The summed E-state index contributed by atoms with van der Waals surface area (Å²) in [6, 6.07) is 10.7. The lowest BCUT2D eigenvalue weighted by molar-refractivity contribution is -0.117. The number of hydrogen-bond donors (Lipinski definition) is 2. The highest BCUT2D eigenvalue weighted by Crippen LogP contribution is 2.23. The second-order valence-electron chi connectivity index (χ2n) is 4.21. The average Bonchev–Trinajstić information content (AvgIpc) is 2.84. The van der Waals surface area contributed by atoms with Crippen molar-refractivity contribution in [1.29, 1.82) is 0 Å². The Morgan fingerprint density at radius 2 is 2.00 bits per heavy atom. The number of carbonyl (C=O) groups is 2. The van der Waals surface area contributed by atoms with Gasteiger partial charge in [0.25, 0.3) is 5.91 Å². The van der Waals surface area contributed by atoms with Gasteiger partial charge in [-0.3, -0.25) is 14.9 Å². The molecule has 3 N–H and O–H groups in total. The predicted molar refractivity (Wildman–Crippen MR) is 79.5 cm³/mol. The number of para-hydroxylation sites is 1.